The Morgan fingerprint density at radius 2 is 1.79 bits per heavy atom. The van der Waals surface area contributed by atoms with Crippen molar-refractivity contribution in [2.45, 2.75) is 32.7 Å². The first-order valence-electron chi connectivity index (χ1n) is 10.1. The fourth-order valence-corrected chi connectivity index (χ4v) is 4.21. The molecule has 2 fully saturated rings. The minimum absolute atomic E-state index is 0.0318. The van der Waals surface area contributed by atoms with Crippen molar-refractivity contribution in [2.24, 2.45) is 0 Å². The van der Waals surface area contributed by atoms with Crippen molar-refractivity contribution in [1.29, 1.82) is 0 Å². The lowest BCUT2D eigenvalue weighted by Gasteiger charge is -2.40. The fourth-order valence-electron chi connectivity index (χ4n) is 4.21. The number of carbonyl (C=O) groups is 2. The summed E-state index contributed by atoms with van der Waals surface area (Å²) in [5.41, 5.74) is 3.72. The molecular formula is C23H27N3O2. The van der Waals surface area contributed by atoms with E-state index < -0.39 is 0 Å². The van der Waals surface area contributed by atoms with Crippen LogP contribution in [0.15, 0.2) is 48.5 Å². The minimum Gasteiger partial charge on any atom is -0.371 e. The fraction of sp³-hybridized carbons (Fsp3) is 0.391. The number of rotatable bonds is 3. The number of hydrogen-bond donors (Lipinski definition) is 0. The van der Waals surface area contributed by atoms with Crippen LogP contribution in [-0.4, -0.2) is 48.9 Å². The highest BCUT2D eigenvalue weighted by Gasteiger charge is 2.35. The molecule has 2 aliphatic heterocycles. The summed E-state index contributed by atoms with van der Waals surface area (Å²) in [6.07, 6.45) is 2.32. The second-order valence-electron chi connectivity index (χ2n) is 7.84. The van der Waals surface area contributed by atoms with Gasteiger partial charge in [0, 0.05) is 37.1 Å². The van der Waals surface area contributed by atoms with Gasteiger partial charge in [-0.05, 0) is 56.5 Å². The molecule has 28 heavy (non-hydrogen) atoms. The molecule has 0 spiro atoms. The normalized spacial score (nSPS) is 20.0. The van der Waals surface area contributed by atoms with E-state index in [2.05, 4.69) is 4.90 Å². The maximum Gasteiger partial charge on any atom is 0.256 e. The van der Waals surface area contributed by atoms with E-state index in [1.54, 1.807) is 9.80 Å². The molecule has 1 unspecified atom stereocenters. The van der Waals surface area contributed by atoms with Gasteiger partial charge < -0.3 is 14.7 Å². The molecule has 0 saturated carbocycles. The van der Waals surface area contributed by atoms with Gasteiger partial charge >= 0.3 is 0 Å². The van der Waals surface area contributed by atoms with Crippen LogP contribution in [0.5, 0.6) is 0 Å². The summed E-state index contributed by atoms with van der Waals surface area (Å²) >= 11 is 0. The molecule has 2 aromatic rings. The van der Waals surface area contributed by atoms with E-state index in [9.17, 15) is 9.59 Å². The van der Waals surface area contributed by atoms with Crippen LogP contribution in [0.4, 0.5) is 11.4 Å². The number of hydrogen-bond acceptors (Lipinski definition) is 3. The molecule has 0 N–H and O–H groups in total. The van der Waals surface area contributed by atoms with Crippen molar-refractivity contribution in [3.05, 3.63) is 59.7 Å². The third-order valence-electron chi connectivity index (χ3n) is 5.74. The summed E-state index contributed by atoms with van der Waals surface area (Å²) < 4.78 is 0. The van der Waals surface area contributed by atoms with E-state index in [0.717, 1.165) is 42.9 Å². The highest BCUT2D eigenvalue weighted by molar-refractivity contribution is 6.04. The van der Waals surface area contributed by atoms with Gasteiger partial charge in [0.2, 0.25) is 5.91 Å². The first kappa shape index (κ1) is 18.5. The molecule has 2 aliphatic rings. The number of carbonyl (C=O) groups excluding carboxylic acids is 2. The lowest BCUT2D eigenvalue weighted by atomic mass is 10.1. The van der Waals surface area contributed by atoms with Crippen LogP contribution in [0.1, 0.15) is 35.7 Å². The highest BCUT2D eigenvalue weighted by atomic mass is 16.2. The Morgan fingerprint density at radius 3 is 2.54 bits per heavy atom. The van der Waals surface area contributed by atoms with Gasteiger partial charge in [0.15, 0.2) is 0 Å². The lowest BCUT2D eigenvalue weighted by Crippen LogP contribution is -2.57. The topological polar surface area (TPSA) is 43.9 Å². The number of anilines is 2. The van der Waals surface area contributed by atoms with Crippen molar-refractivity contribution in [3.63, 3.8) is 0 Å². The average Bonchev–Trinajstić information content (AvgIpc) is 3.23. The number of aryl methyl sites for hydroxylation is 1. The minimum atomic E-state index is -0.0488. The Labute approximate surface area is 166 Å². The van der Waals surface area contributed by atoms with Gasteiger partial charge in [0.25, 0.3) is 5.91 Å². The largest absolute Gasteiger partial charge is 0.371 e. The molecule has 0 bridgehead atoms. The zero-order chi connectivity index (χ0) is 19.7. The van der Waals surface area contributed by atoms with E-state index in [1.165, 1.54) is 0 Å². The Morgan fingerprint density at radius 1 is 1.04 bits per heavy atom. The molecule has 2 saturated heterocycles. The molecule has 0 aromatic heterocycles. The molecule has 5 nitrogen and oxygen atoms in total. The predicted molar refractivity (Wildman–Crippen MR) is 112 cm³/mol. The van der Waals surface area contributed by atoms with E-state index in [1.807, 2.05) is 62.4 Å². The zero-order valence-electron chi connectivity index (χ0n) is 16.6. The second-order valence-corrected chi connectivity index (χ2v) is 7.84. The van der Waals surface area contributed by atoms with Crippen LogP contribution in [0.25, 0.3) is 0 Å². The third-order valence-corrected chi connectivity index (χ3v) is 5.74. The van der Waals surface area contributed by atoms with Crippen LogP contribution < -0.4 is 9.80 Å². The van der Waals surface area contributed by atoms with Crippen LogP contribution in [0.3, 0.4) is 0 Å². The summed E-state index contributed by atoms with van der Waals surface area (Å²) in [4.78, 5) is 32.0. The number of nitrogens with zero attached hydrogens (tertiary/aromatic N) is 3. The first-order chi connectivity index (χ1) is 13.5. The summed E-state index contributed by atoms with van der Waals surface area (Å²) in [7, 11) is 0. The van der Waals surface area contributed by atoms with E-state index >= 15 is 0 Å². The molecular weight excluding hydrogens is 350 g/mol. The van der Waals surface area contributed by atoms with Gasteiger partial charge in [-0.15, -0.1) is 0 Å². The number of amides is 2. The van der Waals surface area contributed by atoms with Crippen molar-refractivity contribution < 1.29 is 9.59 Å². The highest BCUT2D eigenvalue weighted by Crippen LogP contribution is 2.28. The Bertz CT molecular complexity index is 889. The van der Waals surface area contributed by atoms with Crippen molar-refractivity contribution in [2.75, 3.05) is 36.0 Å². The lowest BCUT2D eigenvalue weighted by molar-refractivity contribution is -0.121. The standard InChI is InChI=1S/C23H27N3O2/c1-17-8-7-9-19(14-17)26-15-18(2)25(16-22(26)27)23(28)20-10-3-4-11-21(20)24-12-5-6-13-24/h3-4,7-11,14,18H,5-6,12-13,15-16H2,1-2H3. The number of piperazine rings is 1. The molecule has 5 heteroatoms. The first-order valence-corrected chi connectivity index (χ1v) is 10.1. The maximum absolute atomic E-state index is 13.4. The molecule has 0 aliphatic carbocycles. The molecule has 4 rings (SSSR count). The number of benzene rings is 2. The smallest absolute Gasteiger partial charge is 0.256 e. The SMILES string of the molecule is Cc1cccc(N2CC(C)N(C(=O)c3ccccc3N3CCCC3)CC2=O)c1. The molecule has 1 atom stereocenters. The van der Waals surface area contributed by atoms with Gasteiger partial charge in [-0.2, -0.15) is 0 Å². The average molecular weight is 377 g/mol. The third kappa shape index (κ3) is 3.49. The van der Waals surface area contributed by atoms with Gasteiger partial charge in [0.1, 0.15) is 6.54 Å². The van der Waals surface area contributed by atoms with Gasteiger partial charge in [-0.25, -0.2) is 0 Å². The van der Waals surface area contributed by atoms with Gasteiger partial charge in [-0.3, -0.25) is 9.59 Å². The van der Waals surface area contributed by atoms with Gasteiger partial charge in [0.05, 0.1) is 5.56 Å². The van der Waals surface area contributed by atoms with Gasteiger partial charge in [-0.1, -0.05) is 24.3 Å². The van der Waals surface area contributed by atoms with E-state index in [-0.39, 0.29) is 24.4 Å². The number of para-hydroxylation sites is 1. The monoisotopic (exact) mass is 377 g/mol. The zero-order valence-corrected chi connectivity index (χ0v) is 16.6. The second kappa shape index (κ2) is 7.66. The van der Waals surface area contributed by atoms with Crippen molar-refractivity contribution in [3.8, 4) is 0 Å². The molecule has 146 valence electrons. The van der Waals surface area contributed by atoms with Crippen LogP contribution in [0.2, 0.25) is 0 Å². The van der Waals surface area contributed by atoms with E-state index in [4.69, 9.17) is 0 Å². The molecule has 2 heterocycles. The Kier molecular flexibility index (Phi) is 5.07. The van der Waals surface area contributed by atoms with Crippen molar-refractivity contribution >= 4 is 23.2 Å². The van der Waals surface area contributed by atoms with E-state index in [0.29, 0.717) is 12.1 Å². The van der Waals surface area contributed by atoms with Crippen LogP contribution >= 0.6 is 0 Å². The van der Waals surface area contributed by atoms with Crippen LogP contribution in [0, 0.1) is 6.92 Å². The quantitative estimate of drug-likeness (QED) is 0.823. The summed E-state index contributed by atoms with van der Waals surface area (Å²) in [5, 5.41) is 0. The summed E-state index contributed by atoms with van der Waals surface area (Å²) in [5.74, 6) is -0.0806. The molecule has 2 amide bonds. The van der Waals surface area contributed by atoms with Crippen molar-refractivity contribution in [1.82, 2.24) is 4.90 Å². The van der Waals surface area contributed by atoms with Crippen LogP contribution in [-0.2, 0) is 4.79 Å². The molecule has 2 aromatic carbocycles. The molecule has 0 radical (unpaired) electrons. The Hall–Kier alpha value is -2.82. The maximum atomic E-state index is 13.4. The summed E-state index contributed by atoms with van der Waals surface area (Å²) in [6.45, 7) is 6.64. The summed E-state index contributed by atoms with van der Waals surface area (Å²) in [6, 6.07) is 15.7. The Balaban J connectivity index is 1.56. The predicted octanol–water partition coefficient (Wildman–Crippen LogP) is 3.47.